The lowest BCUT2D eigenvalue weighted by Crippen LogP contribution is -2.61. The molecule has 6 nitrogen and oxygen atoms in total. The van der Waals surface area contributed by atoms with Gasteiger partial charge in [0.2, 0.25) is 5.95 Å². The number of rotatable bonds is 4. The second-order valence-corrected chi connectivity index (χ2v) is 5.79. The van der Waals surface area contributed by atoms with E-state index in [4.69, 9.17) is 0 Å². The van der Waals surface area contributed by atoms with Crippen molar-refractivity contribution in [2.75, 3.05) is 11.4 Å². The number of anilines is 1. The number of nitro groups is 1. The second-order valence-electron chi connectivity index (χ2n) is 5.79. The molecule has 0 unspecified atom stereocenters. The van der Waals surface area contributed by atoms with Crippen LogP contribution in [0.25, 0.3) is 0 Å². The van der Waals surface area contributed by atoms with Crippen LogP contribution in [0.5, 0.6) is 0 Å². The molecule has 0 aliphatic carbocycles. The summed E-state index contributed by atoms with van der Waals surface area (Å²) in [6, 6.07) is 0.418. The molecular weight excluding hydrogens is 244 g/mol. The average molecular weight is 264 g/mol. The van der Waals surface area contributed by atoms with Crippen LogP contribution in [0.2, 0.25) is 0 Å². The van der Waals surface area contributed by atoms with Crippen LogP contribution in [0.1, 0.15) is 27.7 Å². The zero-order valence-corrected chi connectivity index (χ0v) is 11.8. The zero-order chi connectivity index (χ0) is 14.2. The summed E-state index contributed by atoms with van der Waals surface area (Å²) in [6.45, 7) is 9.77. The lowest BCUT2D eigenvalue weighted by atomic mass is 9.75. The Morgan fingerprint density at radius 2 is 1.84 bits per heavy atom. The first-order chi connectivity index (χ1) is 8.91. The summed E-state index contributed by atoms with van der Waals surface area (Å²) in [5, 5.41) is 10.6. The van der Waals surface area contributed by atoms with Gasteiger partial charge < -0.3 is 4.90 Å². The molecule has 1 aliphatic rings. The standard InChI is InChI=1S/C13H20N4O2/c1-8(2)11-7-16(12(11)9(3)4)13-14-5-10(6-15-13)17(18)19/h5-6,8-9,11-12H,7H2,1-4H3/t11-,12+/m1/s1. The molecule has 0 bridgehead atoms. The first-order valence-electron chi connectivity index (χ1n) is 6.65. The Labute approximate surface area is 113 Å². The Hall–Kier alpha value is -1.72. The van der Waals surface area contributed by atoms with Gasteiger partial charge in [0.1, 0.15) is 12.4 Å². The molecule has 0 radical (unpaired) electrons. The highest BCUT2D eigenvalue weighted by Crippen LogP contribution is 2.37. The van der Waals surface area contributed by atoms with Crippen LogP contribution in [-0.4, -0.2) is 27.5 Å². The summed E-state index contributed by atoms with van der Waals surface area (Å²) >= 11 is 0. The van der Waals surface area contributed by atoms with Crippen molar-refractivity contribution in [2.45, 2.75) is 33.7 Å². The molecule has 1 aromatic heterocycles. The smallest absolute Gasteiger partial charge is 0.305 e. The van der Waals surface area contributed by atoms with Gasteiger partial charge in [0, 0.05) is 12.6 Å². The Bertz CT molecular complexity index is 458. The Balaban J connectivity index is 2.16. The van der Waals surface area contributed by atoms with Crippen LogP contribution >= 0.6 is 0 Å². The van der Waals surface area contributed by atoms with Crippen molar-refractivity contribution in [2.24, 2.45) is 17.8 Å². The molecule has 2 atom stereocenters. The topological polar surface area (TPSA) is 72.2 Å². The minimum Gasteiger partial charge on any atom is -0.337 e. The molecule has 0 aromatic carbocycles. The van der Waals surface area contributed by atoms with E-state index < -0.39 is 4.92 Å². The maximum absolute atomic E-state index is 10.6. The molecule has 0 spiro atoms. The molecule has 6 heteroatoms. The number of hydrogen-bond acceptors (Lipinski definition) is 5. The van der Waals surface area contributed by atoms with Gasteiger partial charge in [-0.05, 0) is 17.8 Å². The molecule has 104 valence electrons. The summed E-state index contributed by atoms with van der Waals surface area (Å²) in [5.41, 5.74) is -0.0641. The highest BCUT2D eigenvalue weighted by molar-refractivity contribution is 5.39. The second kappa shape index (κ2) is 5.11. The number of nitrogens with zero attached hydrogens (tertiary/aromatic N) is 4. The summed E-state index contributed by atoms with van der Waals surface area (Å²) in [5.74, 6) is 2.38. The lowest BCUT2D eigenvalue weighted by Gasteiger charge is -2.52. The van der Waals surface area contributed by atoms with Gasteiger partial charge in [-0.25, -0.2) is 9.97 Å². The van der Waals surface area contributed by atoms with Crippen LogP contribution in [0.3, 0.4) is 0 Å². The Morgan fingerprint density at radius 3 is 2.26 bits per heavy atom. The SMILES string of the molecule is CC(C)[C@H]1CN(c2ncc([N+](=O)[O-])cn2)[C@H]1C(C)C. The van der Waals surface area contributed by atoms with E-state index >= 15 is 0 Å². The van der Waals surface area contributed by atoms with E-state index in [1.54, 1.807) is 0 Å². The normalized spacial score (nSPS) is 22.7. The van der Waals surface area contributed by atoms with Crippen molar-refractivity contribution < 1.29 is 4.92 Å². The molecule has 1 aromatic rings. The van der Waals surface area contributed by atoms with Gasteiger partial charge in [-0.15, -0.1) is 0 Å². The van der Waals surface area contributed by atoms with Crippen LogP contribution in [0.15, 0.2) is 12.4 Å². The van der Waals surface area contributed by atoms with Gasteiger partial charge in [0.15, 0.2) is 0 Å². The van der Waals surface area contributed by atoms with E-state index in [0.29, 0.717) is 29.7 Å². The number of aromatic nitrogens is 2. The summed E-state index contributed by atoms with van der Waals surface area (Å²) in [6.07, 6.45) is 2.56. The highest BCUT2D eigenvalue weighted by Gasteiger charge is 2.43. The summed E-state index contributed by atoms with van der Waals surface area (Å²) in [4.78, 5) is 20.5. The summed E-state index contributed by atoms with van der Waals surface area (Å²) in [7, 11) is 0. The third-order valence-corrected chi connectivity index (χ3v) is 3.84. The maximum Gasteiger partial charge on any atom is 0.305 e. The molecule has 1 fully saturated rings. The fourth-order valence-electron chi connectivity index (χ4n) is 2.78. The third-order valence-electron chi connectivity index (χ3n) is 3.84. The van der Waals surface area contributed by atoms with Gasteiger partial charge in [-0.2, -0.15) is 0 Å². The lowest BCUT2D eigenvalue weighted by molar-refractivity contribution is -0.385. The molecule has 19 heavy (non-hydrogen) atoms. The van der Waals surface area contributed by atoms with Gasteiger partial charge in [-0.1, -0.05) is 27.7 Å². The average Bonchev–Trinajstić information content (AvgIpc) is 2.26. The maximum atomic E-state index is 10.6. The van der Waals surface area contributed by atoms with Gasteiger partial charge >= 0.3 is 5.69 Å². The van der Waals surface area contributed by atoms with Crippen molar-refractivity contribution in [1.29, 1.82) is 0 Å². The predicted molar refractivity (Wildman–Crippen MR) is 73.0 cm³/mol. The molecule has 2 rings (SSSR count). The van der Waals surface area contributed by atoms with Crippen molar-refractivity contribution >= 4 is 11.6 Å². The predicted octanol–water partition coefficient (Wildman–Crippen LogP) is 2.50. The first kappa shape index (κ1) is 13.7. The first-order valence-corrected chi connectivity index (χ1v) is 6.65. The van der Waals surface area contributed by atoms with Crippen LogP contribution < -0.4 is 4.90 Å². The largest absolute Gasteiger partial charge is 0.337 e. The molecule has 1 saturated heterocycles. The molecular formula is C13H20N4O2. The van der Waals surface area contributed by atoms with Crippen molar-refractivity contribution in [1.82, 2.24) is 9.97 Å². The Kier molecular flexibility index (Phi) is 3.68. The van der Waals surface area contributed by atoms with Crippen LogP contribution in [0, 0.1) is 27.9 Å². The van der Waals surface area contributed by atoms with Gasteiger partial charge in [0.25, 0.3) is 0 Å². The quantitative estimate of drug-likeness (QED) is 0.617. The molecule has 0 amide bonds. The highest BCUT2D eigenvalue weighted by atomic mass is 16.6. The van der Waals surface area contributed by atoms with Crippen LogP contribution in [0.4, 0.5) is 11.6 Å². The molecule has 1 aliphatic heterocycles. The van der Waals surface area contributed by atoms with Crippen LogP contribution in [-0.2, 0) is 0 Å². The fraction of sp³-hybridized carbons (Fsp3) is 0.692. The minimum atomic E-state index is -0.475. The monoisotopic (exact) mass is 264 g/mol. The van der Waals surface area contributed by atoms with Crippen molar-refractivity contribution in [3.8, 4) is 0 Å². The van der Waals surface area contributed by atoms with Crippen molar-refractivity contribution in [3.05, 3.63) is 22.5 Å². The van der Waals surface area contributed by atoms with Gasteiger partial charge in [-0.3, -0.25) is 10.1 Å². The van der Waals surface area contributed by atoms with E-state index in [0.717, 1.165) is 6.54 Å². The molecule has 0 N–H and O–H groups in total. The Morgan fingerprint density at radius 1 is 1.26 bits per heavy atom. The number of hydrogen-bond donors (Lipinski definition) is 0. The van der Waals surface area contributed by atoms with Crippen molar-refractivity contribution in [3.63, 3.8) is 0 Å². The minimum absolute atomic E-state index is 0.0641. The molecule has 2 heterocycles. The fourth-order valence-corrected chi connectivity index (χ4v) is 2.78. The van der Waals surface area contributed by atoms with E-state index in [1.807, 2.05) is 0 Å². The van der Waals surface area contributed by atoms with E-state index in [1.165, 1.54) is 12.4 Å². The van der Waals surface area contributed by atoms with Gasteiger partial charge in [0.05, 0.1) is 4.92 Å². The van der Waals surface area contributed by atoms with E-state index in [9.17, 15) is 10.1 Å². The third kappa shape index (κ3) is 2.52. The van der Waals surface area contributed by atoms with E-state index in [-0.39, 0.29) is 5.69 Å². The molecule has 0 saturated carbocycles. The zero-order valence-electron chi connectivity index (χ0n) is 11.8. The summed E-state index contributed by atoms with van der Waals surface area (Å²) < 4.78 is 0. The van der Waals surface area contributed by atoms with E-state index in [2.05, 4.69) is 42.6 Å².